The van der Waals surface area contributed by atoms with Gasteiger partial charge in [0.15, 0.2) is 11.7 Å². The summed E-state index contributed by atoms with van der Waals surface area (Å²) in [7, 11) is 0. The van der Waals surface area contributed by atoms with E-state index in [2.05, 4.69) is 24.1 Å². The number of oxazole rings is 1. The highest BCUT2D eigenvalue weighted by atomic mass is 35.5. The Morgan fingerprint density at radius 1 is 1.39 bits per heavy atom. The Bertz CT molecular complexity index is 508. The third-order valence-electron chi connectivity index (χ3n) is 2.55. The maximum Gasteiger partial charge on any atom is 0.196 e. The van der Waals surface area contributed by atoms with Gasteiger partial charge < -0.3 is 9.73 Å². The highest BCUT2D eigenvalue weighted by molar-refractivity contribution is 6.30. The fourth-order valence-corrected chi connectivity index (χ4v) is 1.86. The summed E-state index contributed by atoms with van der Waals surface area (Å²) < 4.78 is 5.70. The van der Waals surface area contributed by atoms with Gasteiger partial charge in [-0.1, -0.05) is 37.6 Å². The average Bonchev–Trinajstić information content (AvgIpc) is 2.77. The SMILES string of the molecule is CC(C)NCCc1ncc(-c2cccc(Cl)c2)o1. The number of hydrogen-bond acceptors (Lipinski definition) is 3. The highest BCUT2D eigenvalue weighted by Gasteiger charge is 2.06. The van der Waals surface area contributed by atoms with Crippen LogP contribution in [0.25, 0.3) is 11.3 Å². The van der Waals surface area contributed by atoms with Crippen LogP contribution in [0.15, 0.2) is 34.9 Å². The van der Waals surface area contributed by atoms with E-state index in [0.717, 1.165) is 30.2 Å². The van der Waals surface area contributed by atoms with Gasteiger partial charge in [0.25, 0.3) is 0 Å². The largest absolute Gasteiger partial charge is 0.441 e. The molecule has 2 rings (SSSR count). The molecule has 0 radical (unpaired) electrons. The molecule has 0 saturated carbocycles. The van der Waals surface area contributed by atoms with Gasteiger partial charge >= 0.3 is 0 Å². The van der Waals surface area contributed by atoms with Gasteiger partial charge in [0.05, 0.1) is 6.20 Å². The van der Waals surface area contributed by atoms with Crippen molar-refractivity contribution in [3.05, 3.63) is 41.4 Å². The van der Waals surface area contributed by atoms with Gasteiger partial charge in [-0.15, -0.1) is 0 Å². The van der Waals surface area contributed by atoms with Crippen LogP contribution in [0.3, 0.4) is 0 Å². The number of aromatic nitrogens is 1. The topological polar surface area (TPSA) is 38.1 Å². The van der Waals surface area contributed by atoms with Crippen LogP contribution < -0.4 is 5.32 Å². The van der Waals surface area contributed by atoms with Crippen molar-refractivity contribution in [1.82, 2.24) is 10.3 Å². The van der Waals surface area contributed by atoms with Crippen LogP contribution in [0.5, 0.6) is 0 Å². The van der Waals surface area contributed by atoms with Gasteiger partial charge in [0, 0.05) is 29.6 Å². The van der Waals surface area contributed by atoms with Gasteiger partial charge in [-0.2, -0.15) is 0 Å². The van der Waals surface area contributed by atoms with Crippen molar-refractivity contribution in [2.24, 2.45) is 0 Å². The first kappa shape index (κ1) is 13.1. The van der Waals surface area contributed by atoms with Crippen molar-refractivity contribution in [3.63, 3.8) is 0 Å². The molecule has 1 aromatic carbocycles. The molecule has 0 unspecified atom stereocenters. The minimum absolute atomic E-state index is 0.479. The number of nitrogens with zero attached hydrogens (tertiary/aromatic N) is 1. The molecule has 1 N–H and O–H groups in total. The van der Waals surface area contributed by atoms with Crippen LogP contribution in [0.4, 0.5) is 0 Å². The van der Waals surface area contributed by atoms with E-state index in [-0.39, 0.29) is 0 Å². The van der Waals surface area contributed by atoms with Crippen LogP contribution in [-0.2, 0) is 6.42 Å². The lowest BCUT2D eigenvalue weighted by molar-refractivity contribution is 0.484. The van der Waals surface area contributed by atoms with Gasteiger partial charge in [-0.3, -0.25) is 0 Å². The molecule has 4 heteroatoms. The molecule has 0 aliphatic heterocycles. The summed E-state index contributed by atoms with van der Waals surface area (Å²) in [4.78, 5) is 4.27. The lowest BCUT2D eigenvalue weighted by Crippen LogP contribution is -2.24. The number of hydrogen-bond donors (Lipinski definition) is 1. The monoisotopic (exact) mass is 264 g/mol. The molecule has 18 heavy (non-hydrogen) atoms. The minimum atomic E-state index is 0.479. The van der Waals surface area contributed by atoms with Crippen molar-refractivity contribution in [1.29, 1.82) is 0 Å². The molecule has 3 nitrogen and oxygen atoms in total. The van der Waals surface area contributed by atoms with E-state index in [0.29, 0.717) is 11.1 Å². The van der Waals surface area contributed by atoms with Crippen molar-refractivity contribution in [3.8, 4) is 11.3 Å². The second-order valence-electron chi connectivity index (χ2n) is 4.49. The third kappa shape index (κ3) is 3.59. The summed E-state index contributed by atoms with van der Waals surface area (Å²) in [6, 6.07) is 8.06. The molecule has 0 fully saturated rings. The van der Waals surface area contributed by atoms with Crippen LogP contribution in [0, 0.1) is 0 Å². The molecule has 1 aromatic heterocycles. The van der Waals surface area contributed by atoms with Crippen LogP contribution in [0.1, 0.15) is 19.7 Å². The van der Waals surface area contributed by atoms with Crippen molar-refractivity contribution in [2.75, 3.05) is 6.54 Å². The van der Waals surface area contributed by atoms with E-state index in [1.54, 1.807) is 6.20 Å². The standard InChI is InChI=1S/C14H17ClN2O/c1-10(2)16-7-6-14-17-9-13(18-14)11-4-3-5-12(15)8-11/h3-5,8-10,16H,6-7H2,1-2H3. The molecule has 0 aliphatic rings. The highest BCUT2D eigenvalue weighted by Crippen LogP contribution is 2.23. The van der Waals surface area contributed by atoms with E-state index in [4.69, 9.17) is 16.0 Å². The fraction of sp³-hybridized carbons (Fsp3) is 0.357. The lowest BCUT2D eigenvalue weighted by atomic mass is 10.2. The summed E-state index contributed by atoms with van der Waals surface area (Å²) in [6.45, 7) is 5.10. The zero-order valence-electron chi connectivity index (χ0n) is 10.6. The zero-order valence-corrected chi connectivity index (χ0v) is 11.4. The Balaban J connectivity index is 2.02. The number of rotatable bonds is 5. The Kier molecular flexibility index (Phi) is 4.39. The zero-order chi connectivity index (χ0) is 13.0. The minimum Gasteiger partial charge on any atom is -0.441 e. The van der Waals surface area contributed by atoms with Crippen LogP contribution in [-0.4, -0.2) is 17.6 Å². The summed E-state index contributed by atoms with van der Waals surface area (Å²) in [6.07, 6.45) is 2.54. The smallest absolute Gasteiger partial charge is 0.196 e. The Hall–Kier alpha value is -1.32. The molecule has 2 aromatic rings. The van der Waals surface area contributed by atoms with Crippen molar-refractivity contribution in [2.45, 2.75) is 26.3 Å². The summed E-state index contributed by atoms with van der Waals surface area (Å²) in [5.41, 5.74) is 0.957. The molecule has 1 heterocycles. The molecule has 0 spiro atoms. The fourth-order valence-electron chi connectivity index (χ4n) is 1.67. The van der Waals surface area contributed by atoms with Gasteiger partial charge in [0.1, 0.15) is 0 Å². The molecule has 0 bridgehead atoms. The van der Waals surface area contributed by atoms with E-state index >= 15 is 0 Å². The number of halogens is 1. The van der Waals surface area contributed by atoms with E-state index in [1.165, 1.54) is 0 Å². The van der Waals surface area contributed by atoms with Gasteiger partial charge in [0.2, 0.25) is 0 Å². The Labute approximate surface area is 112 Å². The van der Waals surface area contributed by atoms with Crippen molar-refractivity contribution < 1.29 is 4.42 Å². The van der Waals surface area contributed by atoms with E-state index < -0.39 is 0 Å². The molecule has 0 aliphatic carbocycles. The average molecular weight is 265 g/mol. The quantitative estimate of drug-likeness (QED) is 0.898. The summed E-state index contributed by atoms with van der Waals surface area (Å²) in [5.74, 6) is 1.51. The maximum absolute atomic E-state index is 5.95. The third-order valence-corrected chi connectivity index (χ3v) is 2.79. The predicted octanol–water partition coefficient (Wildman–Crippen LogP) is 3.54. The molecule has 96 valence electrons. The van der Waals surface area contributed by atoms with Gasteiger partial charge in [-0.05, 0) is 12.1 Å². The van der Waals surface area contributed by atoms with Crippen LogP contribution in [0.2, 0.25) is 5.02 Å². The Morgan fingerprint density at radius 2 is 2.22 bits per heavy atom. The second kappa shape index (κ2) is 6.03. The maximum atomic E-state index is 5.95. The summed E-state index contributed by atoms with van der Waals surface area (Å²) >= 11 is 5.95. The molecule has 0 atom stereocenters. The number of benzene rings is 1. The first-order valence-corrected chi connectivity index (χ1v) is 6.47. The number of nitrogens with one attached hydrogen (secondary N) is 1. The molecule has 0 amide bonds. The molecule has 0 saturated heterocycles. The Morgan fingerprint density at radius 3 is 2.94 bits per heavy atom. The van der Waals surface area contributed by atoms with Crippen LogP contribution >= 0.6 is 11.6 Å². The second-order valence-corrected chi connectivity index (χ2v) is 4.92. The van der Waals surface area contributed by atoms with Crippen molar-refractivity contribution >= 4 is 11.6 Å². The van der Waals surface area contributed by atoms with Gasteiger partial charge in [-0.25, -0.2) is 4.98 Å². The molecular weight excluding hydrogens is 248 g/mol. The predicted molar refractivity (Wildman–Crippen MR) is 73.8 cm³/mol. The first-order valence-electron chi connectivity index (χ1n) is 6.09. The molecular formula is C14H17ClN2O. The summed E-state index contributed by atoms with van der Waals surface area (Å²) in [5, 5.41) is 4.03. The lowest BCUT2D eigenvalue weighted by Gasteiger charge is -2.05. The van der Waals surface area contributed by atoms with E-state index in [9.17, 15) is 0 Å². The normalized spacial score (nSPS) is 11.1. The first-order chi connectivity index (χ1) is 8.65. The van der Waals surface area contributed by atoms with E-state index in [1.807, 2.05) is 24.3 Å².